The van der Waals surface area contributed by atoms with Crippen molar-refractivity contribution in [3.8, 4) is 23.0 Å². The molecule has 2 heterocycles. The quantitative estimate of drug-likeness (QED) is 0.376. The first-order valence-electron chi connectivity index (χ1n) is 12.2. The molecule has 10 heteroatoms. The van der Waals surface area contributed by atoms with Gasteiger partial charge in [0.25, 0.3) is 0 Å². The third-order valence-electron chi connectivity index (χ3n) is 6.09. The number of nitrogens with zero attached hydrogens (tertiary/aromatic N) is 3. The zero-order valence-electron chi connectivity index (χ0n) is 21.4. The van der Waals surface area contributed by atoms with Crippen LogP contribution in [0.3, 0.4) is 0 Å². The van der Waals surface area contributed by atoms with E-state index in [1.165, 1.54) is 0 Å². The lowest BCUT2D eigenvalue weighted by atomic mass is 9.97. The van der Waals surface area contributed by atoms with Crippen molar-refractivity contribution in [1.29, 1.82) is 0 Å². The molecule has 0 spiro atoms. The Morgan fingerprint density at radius 1 is 1.05 bits per heavy atom. The molecule has 2 N–H and O–H groups in total. The van der Waals surface area contributed by atoms with Crippen molar-refractivity contribution in [2.24, 2.45) is 5.92 Å². The average Bonchev–Trinajstić information content (AvgIpc) is 2.95. The maximum Gasteiger partial charge on any atom is 0.229 e. The van der Waals surface area contributed by atoms with Crippen LogP contribution >= 0.6 is 0 Å². The minimum Gasteiger partial charge on any atom is -0.493 e. The normalized spacial score (nSPS) is 15.0. The van der Waals surface area contributed by atoms with E-state index in [2.05, 4.69) is 25.5 Å². The van der Waals surface area contributed by atoms with Gasteiger partial charge in [-0.2, -0.15) is 4.98 Å². The molecule has 1 aliphatic rings. The highest BCUT2D eigenvalue weighted by atomic mass is 16.5. The van der Waals surface area contributed by atoms with Crippen LogP contribution in [0.2, 0.25) is 0 Å². The molecule has 1 saturated heterocycles. The number of hydrogen-bond donors (Lipinski definition) is 2. The fourth-order valence-electron chi connectivity index (χ4n) is 4.27. The van der Waals surface area contributed by atoms with Gasteiger partial charge in [0.2, 0.25) is 17.6 Å². The fourth-order valence-corrected chi connectivity index (χ4v) is 4.27. The number of methoxy groups -OCH3 is 3. The number of hydrogen-bond acceptors (Lipinski definition) is 9. The standard InChI is InChI=1S/C27H33N5O5/c1-34-22-16-20(17-23(35-2)25(22)36-3)30-27-29-12-11-24(31-27)32-14-7-8-19(18-32)26(33)28-13-15-37-21-9-5-4-6-10-21/h4-6,9-12,16-17,19H,7-8,13-15,18H2,1-3H3,(H,28,33)(H,29,30,31)/t19-/m0/s1. The molecule has 0 radical (unpaired) electrons. The molecule has 4 rings (SSSR count). The van der Waals surface area contributed by atoms with E-state index < -0.39 is 0 Å². The van der Waals surface area contributed by atoms with Crippen LogP contribution in [0.25, 0.3) is 0 Å². The molecule has 1 aliphatic heterocycles. The van der Waals surface area contributed by atoms with Crippen LogP contribution in [-0.4, -0.2) is 63.4 Å². The summed E-state index contributed by atoms with van der Waals surface area (Å²) in [5, 5.41) is 6.21. The lowest BCUT2D eigenvalue weighted by Gasteiger charge is -2.33. The maximum atomic E-state index is 12.8. The van der Waals surface area contributed by atoms with Crippen LogP contribution < -0.4 is 34.5 Å². The van der Waals surface area contributed by atoms with Gasteiger partial charge in [-0.3, -0.25) is 4.79 Å². The number of para-hydroxylation sites is 1. The van der Waals surface area contributed by atoms with Crippen LogP contribution in [0, 0.1) is 5.92 Å². The molecule has 0 saturated carbocycles. The van der Waals surface area contributed by atoms with Crippen molar-refractivity contribution in [3.05, 3.63) is 54.7 Å². The van der Waals surface area contributed by atoms with Crippen LogP contribution in [-0.2, 0) is 4.79 Å². The van der Waals surface area contributed by atoms with Crippen molar-refractivity contribution in [2.75, 3.05) is 57.8 Å². The molecule has 1 aromatic heterocycles. The zero-order chi connectivity index (χ0) is 26.0. The summed E-state index contributed by atoms with van der Waals surface area (Å²) in [6, 6.07) is 15.0. The van der Waals surface area contributed by atoms with Gasteiger partial charge in [-0.15, -0.1) is 0 Å². The number of anilines is 3. The van der Waals surface area contributed by atoms with E-state index in [0.717, 1.165) is 31.0 Å². The van der Waals surface area contributed by atoms with E-state index in [-0.39, 0.29) is 11.8 Å². The lowest BCUT2D eigenvalue weighted by molar-refractivity contribution is -0.125. The Labute approximate surface area is 216 Å². The first kappa shape index (κ1) is 25.9. The monoisotopic (exact) mass is 507 g/mol. The Bertz CT molecular complexity index is 1150. The zero-order valence-corrected chi connectivity index (χ0v) is 21.4. The van der Waals surface area contributed by atoms with E-state index >= 15 is 0 Å². The molecule has 1 atom stereocenters. The van der Waals surface area contributed by atoms with Gasteiger partial charge in [0, 0.05) is 37.1 Å². The molecule has 0 bridgehead atoms. The summed E-state index contributed by atoms with van der Waals surface area (Å²) < 4.78 is 21.9. The smallest absolute Gasteiger partial charge is 0.229 e. The van der Waals surface area contributed by atoms with Crippen molar-refractivity contribution in [1.82, 2.24) is 15.3 Å². The SMILES string of the molecule is COc1cc(Nc2nccc(N3CCC[C@H](C(=O)NCCOc4ccccc4)C3)n2)cc(OC)c1OC. The van der Waals surface area contributed by atoms with Crippen molar-refractivity contribution < 1.29 is 23.7 Å². The Morgan fingerprint density at radius 3 is 2.51 bits per heavy atom. The maximum absolute atomic E-state index is 12.8. The Balaban J connectivity index is 1.35. The van der Waals surface area contributed by atoms with Crippen LogP contribution in [0.1, 0.15) is 12.8 Å². The minimum atomic E-state index is -0.119. The second-order valence-electron chi connectivity index (χ2n) is 8.52. The second-order valence-corrected chi connectivity index (χ2v) is 8.52. The average molecular weight is 508 g/mol. The Kier molecular flexibility index (Phi) is 8.85. The van der Waals surface area contributed by atoms with Crippen molar-refractivity contribution in [3.63, 3.8) is 0 Å². The molecule has 1 amide bonds. The van der Waals surface area contributed by atoms with E-state index in [4.69, 9.17) is 18.9 Å². The summed E-state index contributed by atoms with van der Waals surface area (Å²) in [5.74, 6) is 3.46. The number of aromatic nitrogens is 2. The largest absolute Gasteiger partial charge is 0.493 e. The third-order valence-corrected chi connectivity index (χ3v) is 6.09. The van der Waals surface area contributed by atoms with Crippen molar-refractivity contribution in [2.45, 2.75) is 12.8 Å². The van der Waals surface area contributed by atoms with Gasteiger partial charge in [0.15, 0.2) is 11.5 Å². The van der Waals surface area contributed by atoms with Crippen molar-refractivity contribution >= 4 is 23.4 Å². The number of nitrogens with one attached hydrogen (secondary N) is 2. The molecule has 3 aromatic rings. The van der Waals surface area contributed by atoms with E-state index in [0.29, 0.717) is 48.6 Å². The Hall–Kier alpha value is -4.21. The first-order chi connectivity index (χ1) is 18.1. The third kappa shape index (κ3) is 6.72. The van der Waals surface area contributed by atoms with E-state index in [1.807, 2.05) is 36.4 Å². The first-order valence-corrected chi connectivity index (χ1v) is 12.2. The molecule has 10 nitrogen and oxygen atoms in total. The Morgan fingerprint density at radius 2 is 1.81 bits per heavy atom. The summed E-state index contributed by atoms with van der Waals surface area (Å²) >= 11 is 0. The molecule has 1 fully saturated rings. The number of amides is 1. The summed E-state index contributed by atoms with van der Waals surface area (Å²) in [6.07, 6.45) is 3.44. The number of carbonyl (C=O) groups excluding carboxylic acids is 1. The number of benzene rings is 2. The molecular formula is C27H33N5O5. The van der Waals surface area contributed by atoms with Crippen LogP contribution in [0.5, 0.6) is 23.0 Å². The predicted octanol–water partition coefficient (Wildman–Crippen LogP) is 3.66. The molecule has 2 aromatic carbocycles. The van der Waals surface area contributed by atoms with Crippen LogP contribution in [0.15, 0.2) is 54.7 Å². The van der Waals surface area contributed by atoms with E-state index in [9.17, 15) is 4.79 Å². The molecule has 0 aliphatic carbocycles. The number of rotatable bonds is 11. The van der Waals surface area contributed by atoms with Crippen LogP contribution in [0.4, 0.5) is 17.5 Å². The topological polar surface area (TPSA) is 107 Å². The van der Waals surface area contributed by atoms with Gasteiger partial charge in [0.05, 0.1) is 33.8 Å². The van der Waals surface area contributed by atoms with E-state index in [1.54, 1.807) is 39.7 Å². The number of ether oxygens (including phenoxy) is 4. The summed E-state index contributed by atoms with van der Waals surface area (Å²) in [6.45, 7) is 2.29. The fraction of sp³-hybridized carbons (Fsp3) is 0.370. The molecule has 37 heavy (non-hydrogen) atoms. The van der Waals surface area contributed by atoms with Gasteiger partial charge < -0.3 is 34.5 Å². The van der Waals surface area contributed by atoms with Gasteiger partial charge in [-0.25, -0.2) is 4.98 Å². The highest BCUT2D eigenvalue weighted by molar-refractivity contribution is 5.79. The molecular weight excluding hydrogens is 474 g/mol. The van der Waals surface area contributed by atoms with Gasteiger partial charge in [-0.05, 0) is 31.0 Å². The highest BCUT2D eigenvalue weighted by Crippen LogP contribution is 2.40. The molecule has 196 valence electrons. The van der Waals surface area contributed by atoms with Gasteiger partial charge >= 0.3 is 0 Å². The number of piperidine rings is 1. The predicted molar refractivity (Wildman–Crippen MR) is 141 cm³/mol. The lowest BCUT2D eigenvalue weighted by Crippen LogP contribution is -2.44. The molecule has 0 unspecified atom stereocenters. The summed E-state index contributed by atoms with van der Waals surface area (Å²) in [4.78, 5) is 24.0. The summed E-state index contributed by atoms with van der Waals surface area (Å²) in [5.41, 5.74) is 0.695. The summed E-state index contributed by atoms with van der Waals surface area (Å²) in [7, 11) is 4.69. The van der Waals surface area contributed by atoms with Gasteiger partial charge in [0.1, 0.15) is 18.2 Å². The second kappa shape index (κ2) is 12.7. The number of carbonyl (C=O) groups is 1. The minimum absolute atomic E-state index is 0.0335. The highest BCUT2D eigenvalue weighted by Gasteiger charge is 2.26. The van der Waals surface area contributed by atoms with Gasteiger partial charge in [-0.1, -0.05) is 18.2 Å².